The number of hydrogen-bond donors (Lipinski definition) is 1. The van der Waals surface area contributed by atoms with Crippen LogP contribution in [0.15, 0.2) is 54.6 Å². The van der Waals surface area contributed by atoms with Gasteiger partial charge >= 0.3 is 0 Å². The van der Waals surface area contributed by atoms with Crippen molar-refractivity contribution in [3.05, 3.63) is 65.7 Å². The topological polar surface area (TPSA) is 21.3 Å². The van der Waals surface area contributed by atoms with Crippen LogP contribution in [0.5, 0.6) is 5.75 Å². The lowest BCUT2D eigenvalue weighted by Gasteiger charge is -2.38. The second kappa shape index (κ2) is 6.31. The molecule has 0 aromatic heterocycles. The lowest BCUT2D eigenvalue weighted by Crippen LogP contribution is -2.41. The van der Waals surface area contributed by atoms with E-state index in [-0.39, 0.29) is 0 Å². The second-order valence-corrected chi connectivity index (χ2v) is 5.94. The van der Waals surface area contributed by atoms with Crippen molar-refractivity contribution in [1.82, 2.24) is 5.32 Å². The van der Waals surface area contributed by atoms with Crippen LogP contribution in [-0.2, 0) is 0 Å². The van der Waals surface area contributed by atoms with Crippen molar-refractivity contribution in [2.24, 2.45) is 0 Å². The molecule has 110 valence electrons. The Morgan fingerprint density at radius 2 is 1.67 bits per heavy atom. The fourth-order valence-corrected chi connectivity index (χ4v) is 3.09. The molecule has 2 aromatic carbocycles. The number of rotatable bonds is 5. The number of benzene rings is 2. The fraction of sp³-hybridized carbons (Fsp3) is 0.368. The molecule has 2 heteroatoms. The highest BCUT2D eigenvalue weighted by molar-refractivity contribution is 5.31. The quantitative estimate of drug-likeness (QED) is 0.882. The van der Waals surface area contributed by atoms with Crippen molar-refractivity contribution in [1.29, 1.82) is 0 Å². The normalized spacial score (nSPS) is 22.4. The summed E-state index contributed by atoms with van der Waals surface area (Å²) in [4.78, 5) is 0. The standard InChI is InChI=1S/C19H23NO/c1-14(15-6-4-3-5-7-15)20-18-12-17(13-18)16-8-10-19(21-2)11-9-16/h3-11,14,17-18,20H,12-13H2,1-2H3. The smallest absolute Gasteiger partial charge is 0.118 e. The van der Waals surface area contributed by atoms with E-state index in [1.807, 2.05) is 0 Å². The molecule has 3 rings (SSSR count). The van der Waals surface area contributed by atoms with Gasteiger partial charge in [-0.3, -0.25) is 0 Å². The van der Waals surface area contributed by atoms with Gasteiger partial charge in [0.15, 0.2) is 0 Å². The Hall–Kier alpha value is -1.80. The summed E-state index contributed by atoms with van der Waals surface area (Å²) in [5.74, 6) is 1.63. The highest BCUT2D eigenvalue weighted by atomic mass is 16.5. The van der Waals surface area contributed by atoms with Crippen molar-refractivity contribution in [2.45, 2.75) is 37.8 Å². The summed E-state index contributed by atoms with van der Waals surface area (Å²) < 4.78 is 5.21. The molecule has 0 heterocycles. The van der Waals surface area contributed by atoms with Gasteiger partial charge in [0.05, 0.1) is 7.11 Å². The Bertz CT molecular complexity index is 558. The number of hydrogen-bond acceptors (Lipinski definition) is 2. The van der Waals surface area contributed by atoms with Crippen molar-refractivity contribution in [3.8, 4) is 5.75 Å². The molecule has 1 unspecified atom stereocenters. The first-order chi connectivity index (χ1) is 10.3. The summed E-state index contributed by atoms with van der Waals surface area (Å²) in [6.45, 7) is 2.25. The van der Waals surface area contributed by atoms with Crippen LogP contribution < -0.4 is 10.1 Å². The maximum Gasteiger partial charge on any atom is 0.118 e. The number of ether oxygens (including phenoxy) is 1. The fourth-order valence-electron chi connectivity index (χ4n) is 3.09. The SMILES string of the molecule is COc1ccc(C2CC(NC(C)c3ccccc3)C2)cc1. The minimum atomic E-state index is 0.424. The minimum absolute atomic E-state index is 0.424. The van der Waals surface area contributed by atoms with Crippen LogP contribution in [0.2, 0.25) is 0 Å². The third-order valence-electron chi connectivity index (χ3n) is 4.51. The van der Waals surface area contributed by atoms with E-state index in [4.69, 9.17) is 4.74 Å². The predicted molar refractivity (Wildman–Crippen MR) is 86.7 cm³/mol. The van der Waals surface area contributed by atoms with E-state index in [1.54, 1.807) is 7.11 Å². The zero-order valence-electron chi connectivity index (χ0n) is 12.8. The van der Waals surface area contributed by atoms with Gasteiger partial charge in [-0.15, -0.1) is 0 Å². The Morgan fingerprint density at radius 1 is 1.00 bits per heavy atom. The Balaban J connectivity index is 1.51. The molecule has 1 atom stereocenters. The van der Waals surface area contributed by atoms with Gasteiger partial charge in [-0.2, -0.15) is 0 Å². The lowest BCUT2D eigenvalue weighted by atomic mass is 9.75. The lowest BCUT2D eigenvalue weighted by molar-refractivity contribution is 0.271. The summed E-state index contributed by atoms with van der Waals surface area (Å²) in [5, 5.41) is 3.73. The van der Waals surface area contributed by atoms with Crippen LogP contribution in [-0.4, -0.2) is 13.2 Å². The van der Waals surface area contributed by atoms with Gasteiger partial charge in [-0.1, -0.05) is 42.5 Å². The second-order valence-electron chi connectivity index (χ2n) is 5.94. The van der Waals surface area contributed by atoms with Crippen LogP contribution in [0.4, 0.5) is 0 Å². The van der Waals surface area contributed by atoms with E-state index in [1.165, 1.54) is 24.0 Å². The van der Waals surface area contributed by atoms with Crippen molar-refractivity contribution in [2.75, 3.05) is 7.11 Å². The molecular formula is C19H23NO. The number of nitrogens with one attached hydrogen (secondary N) is 1. The zero-order valence-corrected chi connectivity index (χ0v) is 12.8. The van der Waals surface area contributed by atoms with Gasteiger partial charge in [-0.25, -0.2) is 0 Å². The van der Waals surface area contributed by atoms with E-state index < -0.39 is 0 Å². The van der Waals surface area contributed by atoms with Gasteiger partial charge in [0, 0.05) is 12.1 Å². The summed E-state index contributed by atoms with van der Waals surface area (Å²) in [5.41, 5.74) is 2.80. The van der Waals surface area contributed by atoms with E-state index in [0.29, 0.717) is 18.0 Å². The number of methoxy groups -OCH3 is 1. The molecule has 0 aliphatic heterocycles. The molecule has 1 aliphatic rings. The average Bonchev–Trinajstić information content (AvgIpc) is 2.51. The van der Waals surface area contributed by atoms with Gasteiger partial charge in [0.2, 0.25) is 0 Å². The minimum Gasteiger partial charge on any atom is -0.497 e. The van der Waals surface area contributed by atoms with Crippen LogP contribution in [0.25, 0.3) is 0 Å². The van der Waals surface area contributed by atoms with Gasteiger partial charge in [-0.05, 0) is 48.9 Å². The summed E-state index contributed by atoms with van der Waals surface area (Å²) in [7, 11) is 1.71. The van der Waals surface area contributed by atoms with Gasteiger partial charge in [0.1, 0.15) is 5.75 Å². The predicted octanol–water partition coefficient (Wildman–Crippen LogP) is 4.29. The molecule has 2 aromatic rings. The van der Waals surface area contributed by atoms with Gasteiger partial charge in [0.25, 0.3) is 0 Å². The van der Waals surface area contributed by atoms with Crippen molar-refractivity contribution in [3.63, 3.8) is 0 Å². The van der Waals surface area contributed by atoms with Crippen LogP contribution in [0.1, 0.15) is 42.9 Å². The highest BCUT2D eigenvalue weighted by Crippen LogP contribution is 2.38. The van der Waals surface area contributed by atoms with E-state index in [0.717, 1.165) is 5.75 Å². The molecule has 1 N–H and O–H groups in total. The van der Waals surface area contributed by atoms with Crippen LogP contribution in [0, 0.1) is 0 Å². The van der Waals surface area contributed by atoms with E-state index >= 15 is 0 Å². The molecular weight excluding hydrogens is 258 g/mol. The molecule has 0 radical (unpaired) electrons. The Labute approximate surface area is 127 Å². The largest absolute Gasteiger partial charge is 0.497 e. The molecule has 1 fully saturated rings. The molecule has 1 saturated carbocycles. The third kappa shape index (κ3) is 3.27. The Morgan fingerprint density at radius 3 is 2.29 bits per heavy atom. The maximum absolute atomic E-state index is 5.21. The summed E-state index contributed by atoms with van der Waals surface area (Å²) in [6.07, 6.45) is 2.45. The van der Waals surface area contributed by atoms with E-state index in [9.17, 15) is 0 Å². The highest BCUT2D eigenvalue weighted by Gasteiger charge is 2.31. The summed E-state index contributed by atoms with van der Waals surface area (Å²) in [6, 6.07) is 20.2. The molecule has 21 heavy (non-hydrogen) atoms. The van der Waals surface area contributed by atoms with Crippen LogP contribution in [0.3, 0.4) is 0 Å². The maximum atomic E-state index is 5.21. The molecule has 2 nitrogen and oxygen atoms in total. The van der Waals surface area contributed by atoms with Crippen molar-refractivity contribution >= 4 is 0 Å². The first-order valence-electron chi connectivity index (χ1n) is 7.71. The molecule has 0 spiro atoms. The van der Waals surface area contributed by atoms with Gasteiger partial charge < -0.3 is 10.1 Å². The first kappa shape index (κ1) is 14.2. The molecule has 0 amide bonds. The molecule has 0 bridgehead atoms. The first-order valence-corrected chi connectivity index (χ1v) is 7.71. The molecule has 1 aliphatic carbocycles. The molecule has 0 saturated heterocycles. The van der Waals surface area contributed by atoms with Crippen LogP contribution >= 0.6 is 0 Å². The summed E-state index contributed by atoms with van der Waals surface area (Å²) >= 11 is 0. The van der Waals surface area contributed by atoms with E-state index in [2.05, 4.69) is 66.8 Å². The monoisotopic (exact) mass is 281 g/mol. The Kier molecular flexibility index (Phi) is 4.26. The zero-order chi connectivity index (χ0) is 14.7. The van der Waals surface area contributed by atoms with Crippen molar-refractivity contribution < 1.29 is 4.74 Å². The average molecular weight is 281 g/mol. The third-order valence-corrected chi connectivity index (χ3v) is 4.51.